The highest BCUT2D eigenvalue weighted by molar-refractivity contribution is 5.98. The van der Waals surface area contributed by atoms with Crippen molar-refractivity contribution >= 4 is 11.9 Å². The van der Waals surface area contributed by atoms with E-state index in [4.69, 9.17) is 4.74 Å². The number of hydrogen-bond donors (Lipinski definition) is 1. The van der Waals surface area contributed by atoms with E-state index in [0.717, 1.165) is 50.6 Å². The lowest BCUT2D eigenvalue weighted by Gasteiger charge is -2.31. The van der Waals surface area contributed by atoms with Crippen molar-refractivity contribution < 1.29 is 19.4 Å². The van der Waals surface area contributed by atoms with E-state index < -0.39 is 0 Å². The fourth-order valence-corrected chi connectivity index (χ4v) is 5.01. The van der Waals surface area contributed by atoms with Gasteiger partial charge >= 0.3 is 5.97 Å². The molecular formula is C23H31NO4. The number of rotatable bonds is 4. The summed E-state index contributed by atoms with van der Waals surface area (Å²) < 4.78 is 5.82. The molecule has 0 atom stereocenters. The minimum absolute atomic E-state index is 0.00507. The molecule has 28 heavy (non-hydrogen) atoms. The van der Waals surface area contributed by atoms with E-state index in [1.54, 1.807) is 12.1 Å². The second kappa shape index (κ2) is 8.54. The van der Waals surface area contributed by atoms with Gasteiger partial charge in [0.2, 0.25) is 0 Å². The lowest BCUT2D eigenvalue weighted by Crippen LogP contribution is -2.34. The third kappa shape index (κ3) is 4.34. The molecule has 1 aliphatic heterocycles. The Morgan fingerprint density at radius 3 is 2.46 bits per heavy atom. The normalized spacial score (nSPS) is 26.0. The molecule has 0 bridgehead atoms. The first-order valence-corrected chi connectivity index (χ1v) is 10.9. The Balaban J connectivity index is 1.24. The van der Waals surface area contributed by atoms with Gasteiger partial charge in [-0.15, -0.1) is 0 Å². The number of carbonyl (C=O) groups excluding carboxylic acids is 2. The highest BCUT2D eigenvalue weighted by atomic mass is 16.5. The second-order valence-electron chi connectivity index (χ2n) is 8.80. The zero-order chi connectivity index (χ0) is 19.5. The van der Waals surface area contributed by atoms with Gasteiger partial charge in [0, 0.05) is 18.7 Å². The Bertz CT molecular complexity index is 715. The van der Waals surface area contributed by atoms with Gasteiger partial charge in [0.05, 0.1) is 5.92 Å². The number of esters is 1. The molecule has 5 nitrogen and oxygen atoms in total. The van der Waals surface area contributed by atoms with E-state index in [1.165, 1.54) is 25.7 Å². The Hall–Kier alpha value is -2.04. The van der Waals surface area contributed by atoms with Crippen molar-refractivity contribution in [2.24, 2.45) is 11.8 Å². The monoisotopic (exact) mass is 385 g/mol. The molecule has 2 fully saturated rings. The largest absolute Gasteiger partial charge is 0.508 e. The number of benzene rings is 1. The number of carbonyl (C=O) groups is 2. The van der Waals surface area contributed by atoms with Crippen molar-refractivity contribution in [1.29, 1.82) is 0 Å². The smallest absolute Gasteiger partial charge is 0.309 e. The summed E-state index contributed by atoms with van der Waals surface area (Å²) in [5.74, 6) is 0.629. The second-order valence-corrected chi connectivity index (χ2v) is 8.80. The molecule has 0 unspecified atom stereocenters. The molecule has 1 aromatic rings. The molecule has 0 spiro atoms. The Morgan fingerprint density at radius 1 is 1.04 bits per heavy atom. The summed E-state index contributed by atoms with van der Waals surface area (Å²) in [6.07, 6.45) is 10.7. The third-order valence-corrected chi connectivity index (χ3v) is 6.72. The number of phenolic OH excluding ortho intramolecular Hbond substituents is 1. The number of amides is 1. The van der Waals surface area contributed by atoms with Crippen LogP contribution in [-0.4, -0.2) is 34.5 Å². The van der Waals surface area contributed by atoms with E-state index in [1.807, 2.05) is 11.0 Å². The van der Waals surface area contributed by atoms with Crippen molar-refractivity contribution in [1.82, 2.24) is 4.90 Å². The summed E-state index contributed by atoms with van der Waals surface area (Å²) in [4.78, 5) is 27.0. The number of fused-ring (bicyclic) bond motifs is 1. The van der Waals surface area contributed by atoms with Gasteiger partial charge in [0.1, 0.15) is 11.9 Å². The van der Waals surface area contributed by atoms with Gasteiger partial charge in [0.25, 0.3) is 5.91 Å². The van der Waals surface area contributed by atoms with E-state index in [2.05, 4.69) is 0 Å². The van der Waals surface area contributed by atoms with E-state index in [9.17, 15) is 14.7 Å². The van der Waals surface area contributed by atoms with Crippen LogP contribution < -0.4 is 0 Å². The Morgan fingerprint density at radius 2 is 1.75 bits per heavy atom. The first kappa shape index (κ1) is 19.3. The molecule has 0 saturated heterocycles. The molecule has 1 aromatic carbocycles. The first-order chi connectivity index (χ1) is 13.6. The summed E-state index contributed by atoms with van der Waals surface area (Å²) >= 11 is 0. The number of phenols is 1. The van der Waals surface area contributed by atoms with Crippen LogP contribution in [0.4, 0.5) is 0 Å². The molecule has 5 heteroatoms. The summed E-state index contributed by atoms with van der Waals surface area (Å²) in [6.45, 7) is 1.36. The first-order valence-electron chi connectivity index (χ1n) is 10.9. The van der Waals surface area contributed by atoms with Gasteiger partial charge in [-0.25, -0.2) is 0 Å². The summed E-state index contributed by atoms with van der Waals surface area (Å²) in [7, 11) is 0. The van der Waals surface area contributed by atoms with Crippen LogP contribution in [0.5, 0.6) is 5.75 Å². The fourth-order valence-electron chi connectivity index (χ4n) is 5.01. The van der Waals surface area contributed by atoms with Gasteiger partial charge in [-0.1, -0.05) is 18.9 Å². The Labute approximate surface area is 167 Å². The van der Waals surface area contributed by atoms with E-state index in [0.29, 0.717) is 18.0 Å². The SMILES string of the molecule is O=C1c2cc(O)ccc2CN1C[C@H]1CC[C@H](C(=O)OC2CCCCCC2)CC1. The number of hydrogen-bond acceptors (Lipinski definition) is 4. The average Bonchev–Trinajstić information content (AvgIpc) is 2.87. The number of aromatic hydroxyl groups is 1. The topological polar surface area (TPSA) is 66.8 Å². The van der Waals surface area contributed by atoms with Crippen LogP contribution in [0.2, 0.25) is 0 Å². The molecule has 1 N–H and O–H groups in total. The lowest BCUT2D eigenvalue weighted by atomic mass is 9.81. The standard InChI is InChI=1S/C23H31NO4/c25-19-12-11-18-15-24(22(26)21(18)13-19)14-16-7-9-17(10-8-16)23(27)28-20-5-3-1-2-4-6-20/h11-13,16-17,20,25H,1-10,14-15H2/t16-,17-. The van der Waals surface area contributed by atoms with Crippen LogP contribution >= 0.6 is 0 Å². The molecule has 0 aromatic heterocycles. The zero-order valence-electron chi connectivity index (χ0n) is 16.6. The molecule has 2 aliphatic carbocycles. The minimum Gasteiger partial charge on any atom is -0.508 e. The lowest BCUT2D eigenvalue weighted by molar-refractivity contribution is -0.156. The molecule has 1 amide bonds. The highest BCUT2D eigenvalue weighted by Crippen LogP contribution is 2.34. The van der Waals surface area contributed by atoms with E-state index >= 15 is 0 Å². The predicted molar refractivity (Wildman–Crippen MR) is 106 cm³/mol. The van der Waals surface area contributed by atoms with Crippen molar-refractivity contribution in [2.75, 3.05) is 6.54 Å². The highest BCUT2D eigenvalue weighted by Gasteiger charge is 2.33. The van der Waals surface area contributed by atoms with E-state index in [-0.39, 0.29) is 29.6 Å². The summed E-state index contributed by atoms with van der Waals surface area (Å²) in [6, 6.07) is 5.04. The fraction of sp³-hybridized carbons (Fsp3) is 0.652. The van der Waals surface area contributed by atoms with Crippen LogP contribution in [0.1, 0.15) is 80.1 Å². The number of nitrogens with zero attached hydrogens (tertiary/aromatic N) is 1. The summed E-state index contributed by atoms with van der Waals surface area (Å²) in [5, 5.41) is 9.62. The minimum atomic E-state index is 0.00507. The van der Waals surface area contributed by atoms with Gasteiger partial charge in [-0.05, 0) is 75.0 Å². The van der Waals surface area contributed by atoms with Gasteiger partial charge < -0.3 is 14.7 Å². The molecule has 4 rings (SSSR count). The predicted octanol–water partition coefficient (Wildman–Crippen LogP) is 4.42. The molecule has 152 valence electrons. The van der Waals surface area contributed by atoms with Crippen molar-refractivity contribution in [3.05, 3.63) is 29.3 Å². The van der Waals surface area contributed by atoms with Crippen LogP contribution in [0, 0.1) is 11.8 Å². The quantitative estimate of drug-likeness (QED) is 0.615. The van der Waals surface area contributed by atoms with Crippen molar-refractivity contribution in [3.63, 3.8) is 0 Å². The maximum Gasteiger partial charge on any atom is 0.309 e. The number of ether oxygens (including phenoxy) is 1. The summed E-state index contributed by atoms with van der Waals surface area (Å²) in [5.41, 5.74) is 1.61. The molecule has 3 aliphatic rings. The zero-order valence-corrected chi connectivity index (χ0v) is 16.6. The maximum atomic E-state index is 12.6. The van der Waals surface area contributed by atoms with Gasteiger partial charge in [0.15, 0.2) is 0 Å². The van der Waals surface area contributed by atoms with Gasteiger partial charge in [-0.2, -0.15) is 0 Å². The van der Waals surface area contributed by atoms with Crippen LogP contribution in [0.15, 0.2) is 18.2 Å². The maximum absolute atomic E-state index is 12.6. The van der Waals surface area contributed by atoms with Crippen LogP contribution in [0.3, 0.4) is 0 Å². The van der Waals surface area contributed by atoms with Crippen molar-refractivity contribution in [3.8, 4) is 5.75 Å². The van der Waals surface area contributed by atoms with Gasteiger partial charge in [-0.3, -0.25) is 9.59 Å². The van der Waals surface area contributed by atoms with Crippen LogP contribution in [0.25, 0.3) is 0 Å². The Kier molecular flexibility index (Phi) is 5.88. The van der Waals surface area contributed by atoms with Crippen molar-refractivity contribution in [2.45, 2.75) is 76.9 Å². The molecule has 1 heterocycles. The van der Waals surface area contributed by atoms with Crippen LogP contribution in [-0.2, 0) is 16.1 Å². The molecule has 2 saturated carbocycles. The third-order valence-electron chi connectivity index (χ3n) is 6.72. The molecular weight excluding hydrogens is 354 g/mol. The average molecular weight is 386 g/mol. The molecule has 0 radical (unpaired) electrons.